The fourth-order valence-corrected chi connectivity index (χ4v) is 4.97. The summed E-state index contributed by atoms with van der Waals surface area (Å²) in [6, 6.07) is 21.7. The molecule has 0 aliphatic heterocycles. The van der Waals surface area contributed by atoms with E-state index in [-0.39, 0.29) is 31.9 Å². The van der Waals surface area contributed by atoms with Crippen LogP contribution in [0.5, 0.6) is 5.75 Å². The molecule has 11 nitrogen and oxygen atoms in total. The highest BCUT2D eigenvalue weighted by atomic mass is 16.6. The average Bonchev–Trinajstić information content (AvgIpc) is 3.04. The highest BCUT2D eigenvalue weighted by molar-refractivity contribution is 6.01. The zero-order valence-electron chi connectivity index (χ0n) is 28.3. The van der Waals surface area contributed by atoms with Crippen LogP contribution in [0.2, 0.25) is 0 Å². The van der Waals surface area contributed by atoms with Crippen LogP contribution < -0.4 is 15.4 Å². The Kier molecular flexibility index (Phi) is 13.9. The normalized spacial score (nSPS) is 13.1. The highest BCUT2D eigenvalue weighted by Crippen LogP contribution is 2.17. The molecule has 0 radical (unpaired) electrons. The van der Waals surface area contributed by atoms with Crippen molar-refractivity contribution in [2.24, 2.45) is 5.92 Å². The molecule has 3 amide bonds. The fourth-order valence-electron chi connectivity index (χ4n) is 4.97. The van der Waals surface area contributed by atoms with Gasteiger partial charge in [0.1, 0.15) is 30.1 Å². The van der Waals surface area contributed by atoms with E-state index in [4.69, 9.17) is 14.7 Å². The van der Waals surface area contributed by atoms with E-state index >= 15 is 0 Å². The van der Waals surface area contributed by atoms with E-state index in [1.54, 1.807) is 71.0 Å². The molecule has 0 spiro atoms. The lowest BCUT2D eigenvalue weighted by Crippen LogP contribution is -2.55. The summed E-state index contributed by atoms with van der Waals surface area (Å²) in [7, 11) is 0. The first-order valence-corrected chi connectivity index (χ1v) is 16.1. The smallest absolute Gasteiger partial charge is 0.308 e. The van der Waals surface area contributed by atoms with E-state index in [0.717, 1.165) is 10.8 Å². The number of para-hydroxylation sites is 1. The van der Waals surface area contributed by atoms with Crippen molar-refractivity contribution in [1.82, 2.24) is 15.5 Å². The molecule has 3 N–H and O–H groups in total. The van der Waals surface area contributed by atoms with Crippen molar-refractivity contribution in [3.05, 3.63) is 78.4 Å². The number of aliphatic hydroxyl groups is 1. The Labute approximate surface area is 282 Å². The van der Waals surface area contributed by atoms with Crippen LogP contribution in [0.15, 0.2) is 72.8 Å². The number of unbranched alkanes of at least 4 members (excludes halogenated alkanes) is 1. The molecular weight excluding hydrogens is 612 g/mol. The number of ether oxygens (including phenoxy) is 2. The van der Waals surface area contributed by atoms with Gasteiger partial charge in [-0.1, -0.05) is 62.4 Å². The third kappa shape index (κ3) is 12.0. The highest BCUT2D eigenvalue weighted by Gasteiger charge is 2.32. The number of nitrogens with one attached hydrogen (secondary N) is 2. The van der Waals surface area contributed by atoms with E-state index in [1.807, 2.05) is 42.5 Å². The number of carbonyl (C=O) groups is 4. The van der Waals surface area contributed by atoms with Crippen molar-refractivity contribution in [2.75, 3.05) is 19.7 Å². The number of aliphatic hydroxyl groups excluding tert-OH is 1. The van der Waals surface area contributed by atoms with Crippen LogP contribution in [0.3, 0.4) is 0 Å². The molecule has 0 saturated carbocycles. The Morgan fingerprint density at radius 2 is 1.60 bits per heavy atom. The first-order valence-electron chi connectivity index (χ1n) is 16.1. The number of hydrogen-bond donors (Lipinski definition) is 3. The zero-order valence-corrected chi connectivity index (χ0v) is 28.3. The minimum Gasteiger partial charge on any atom is -0.491 e. The Balaban J connectivity index is 1.77. The van der Waals surface area contributed by atoms with Crippen molar-refractivity contribution in [1.29, 1.82) is 5.26 Å². The molecule has 0 bridgehead atoms. The molecule has 48 heavy (non-hydrogen) atoms. The quantitative estimate of drug-likeness (QED) is 0.151. The van der Waals surface area contributed by atoms with Gasteiger partial charge in [0.15, 0.2) is 0 Å². The molecule has 0 aliphatic carbocycles. The maximum atomic E-state index is 13.9. The Morgan fingerprint density at radius 1 is 0.938 bits per heavy atom. The van der Waals surface area contributed by atoms with Crippen LogP contribution in [0, 0.1) is 17.2 Å². The monoisotopic (exact) mass is 658 g/mol. The number of hydrogen-bond acceptors (Lipinski definition) is 8. The van der Waals surface area contributed by atoms with Crippen molar-refractivity contribution < 1.29 is 33.8 Å². The predicted octanol–water partition coefficient (Wildman–Crippen LogP) is 4.38. The summed E-state index contributed by atoms with van der Waals surface area (Å²) in [5.41, 5.74) is -0.401. The number of benzene rings is 3. The lowest BCUT2D eigenvalue weighted by molar-refractivity contribution is -0.156. The third-order valence-corrected chi connectivity index (χ3v) is 7.38. The predicted molar refractivity (Wildman–Crippen MR) is 182 cm³/mol. The molecule has 0 aromatic heterocycles. The van der Waals surface area contributed by atoms with E-state index in [0.29, 0.717) is 17.7 Å². The second kappa shape index (κ2) is 17.8. The van der Waals surface area contributed by atoms with Crippen LogP contribution >= 0.6 is 0 Å². The van der Waals surface area contributed by atoms with Crippen molar-refractivity contribution in [3.63, 3.8) is 0 Å². The average molecular weight is 659 g/mol. The Morgan fingerprint density at radius 3 is 2.25 bits per heavy atom. The van der Waals surface area contributed by atoms with Gasteiger partial charge in [-0.15, -0.1) is 0 Å². The van der Waals surface area contributed by atoms with Gasteiger partial charge >= 0.3 is 5.97 Å². The molecule has 0 fully saturated rings. The van der Waals surface area contributed by atoms with Gasteiger partial charge in [-0.3, -0.25) is 19.2 Å². The summed E-state index contributed by atoms with van der Waals surface area (Å²) in [6.07, 6.45) is -1.19. The molecule has 0 heterocycles. The van der Waals surface area contributed by atoms with E-state index in [2.05, 4.69) is 10.6 Å². The number of rotatable bonds is 16. The number of esters is 1. The zero-order chi connectivity index (χ0) is 35.3. The second-order valence-electron chi connectivity index (χ2n) is 12.9. The number of carbonyl (C=O) groups excluding carboxylic acids is 4. The van der Waals surface area contributed by atoms with Gasteiger partial charge < -0.3 is 30.1 Å². The SMILES string of the molecule is CC(C)[C@H](NC(=O)c1ccc2ccccc2c1)C(=O)N(CCCC#N)CC(=O)N[C@@H](CC(=O)OC(C)(C)C)C(O)COc1ccccc1. The van der Waals surface area contributed by atoms with Gasteiger partial charge in [0.25, 0.3) is 5.91 Å². The fraction of sp³-hybridized carbons (Fsp3) is 0.432. The standard InChI is InChI=1S/C37H46N4O7/c1-25(2)34(40-35(45)28-18-17-26-13-9-10-14-27(26)21-28)36(46)41(20-12-11-19-38)23-32(43)39-30(22-33(44)48-37(3,4)5)31(42)24-47-29-15-7-6-8-16-29/h6-10,13-18,21,25,30-31,34,42H,11-12,20,22-24H2,1-5H3,(H,39,43)(H,40,45)/t30-,31?,34-/m0/s1. The topological polar surface area (TPSA) is 158 Å². The van der Waals surface area contributed by atoms with Crippen LogP contribution in [-0.4, -0.2) is 77.2 Å². The lowest BCUT2D eigenvalue weighted by atomic mass is 10.0. The first kappa shape index (κ1) is 37.5. The number of amides is 3. The Hall–Kier alpha value is -4.95. The van der Waals surface area contributed by atoms with Gasteiger partial charge in [0, 0.05) is 18.5 Å². The maximum absolute atomic E-state index is 13.9. The molecule has 11 heteroatoms. The van der Waals surface area contributed by atoms with E-state index < -0.39 is 54.0 Å². The van der Waals surface area contributed by atoms with Crippen LogP contribution in [0.4, 0.5) is 0 Å². The Bertz CT molecular complexity index is 1580. The summed E-state index contributed by atoms with van der Waals surface area (Å²) in [5, 5.41) is 27.5. The van der Waals surface area contributed by atoms with E-state index in [9.17, 15) is 24.3 Å². The van der Waals surface area contributed by atoms with Gasteiger partial charge in [0.2, 0.25) is 11.8 Å². The van der Waals surface area contributed by atoms with Crippen LogP contribution in [0.25, 0.3) is 10.8 Å². The summed E-state index contributed by atoms with van der Waals surface area (Å²) in [6.45, 7) is 8.13. The molecule has 1 unspecified atom stereocenters. The summed E-state index contributed by atoms with van der Waals surface area (Å²) in [5.74, 6) is -2.04. The third-order valence-electron chi connectivity index (χ3n) is 7.38. The number of nitrogens with zero attached hydrogens (tertiary/aromatic N) is 2. The van der Waals surface area contributed by atoms with Crippen LogP contribution in [0.1, 0.15) is 64.2 Å². The lowest BCUT2D eigenvalue weighted by Gasteiger charge is -2.31. The van der Waals surface area contributed by atoms with Gasteiger partial charge in [0.05, 0.1) is 25.1 Å². The minimum atomic E-state index is -1.30. The molecule has 256 valence electrons. The van der Waals surface area contributed by atoms with E-state index in [1.165, 1.54) is 4.90 Å². The first-order chi connectivity index (χ1) is 22.8. The number of fused-ring (bicyclic) bond motifs is 1. The summed E-state index contributed by atoms with van der Waals surface area (Å²) >= 11 is 0. The molecule has 0 aliphatic rings. The van der Waals surface area contributed by atoms with Gasteiger partial charge in [-0.25, -0.2) is 0 Å². The maximum Gasteiger partial charge on any atom is 0.308 e. The molecular formula is C37H46N4O7. The summed E-state index contributed by atoms with van der Waals surface area (Å²) < 4.78 is 11.1. The molecule has 3 aromatic carbocycles. The van der Waals surface area contributed by atoms with Gasteiger partial charge in [-0.2, -0.15) is 5.26 Å². The van der Waals surface area contributed by atoms with Crippen molar-refractivity contribution >= 4 is 34.5 Å². The number of nitriles is 1. The van der Waals surface area contributed by atoms with Gasteiger partial charge in [-0.05, 0) is 68.1 Å². The molecule has 3 aromatic rings. The largest absolute Gasteiger partial charge is 0.491 e. The van der Waals surface area contributed by atoms with Crippen molar-refractivity contribution in [3.8, 4) is 11.8 Å². The van der Waals surface area contributed by atoms with Crippen LogP contribution in [-0.2, 0) is 19.1 Å². The summed E-state index contributed by atoms with van der Waals surface area (Å²) in [4.78, 5) is 54.7. The molecule has 0 saturated heterocycles. The minimum absolute atomic E-state index is 0.0747. The molecule has 3 rings (SSSR count). The van der Waals surface area contributed by atoms with Crippen molar-refractivity contribution in [2.45, 2.75) is 77.7 Å². The second-order valence-corrected chi connectivity index (χ2v) is 12.9. The molecule has 3 atom stereocenters.